The Bertz CT molecular complexity index is 2120. The van der Waals surface area contributed by atoms with Crippen LogP contribution in [0.2, 0.25) is 0 Å². The summed E-state index contributed by atoms with van der Waals surface area (Å²) < 4.78 is 0. The van der Waals surface area contributed by atoms with Crippen molar-refractivity contribution in [2.45, 2.75) is 6.17 Å². The van der Waals surface area contributed by atoms with Crippen LogP contribution in [0.5, 0.6) is 0 Å². The molecule has 44 heavy (non-hydrogen) atoms. The van der Waals surface area contributed by atoms with Crippen LogP contribution < -0.4 is 5.32 Å². The third kappa shape index (κ3) is 5.23. The van der Waals surface area contributed by atoms with E-state index in [0.29, 0.717) is 17.0 Å². The van der Waals surface area contributed by atoms with Gasteiger partial charge in [0.15, 0.2) is 5.84 Å². The van der Waals surface area contributed by atoms with Crippen molar-refractivity contribution in [3.05, 3.63) is 167 Å². The summed E-state index contributed by atoms with van der Waals surface area (Å²) in [5.74, 6) is 1.47. The molecule has 1 atom stereocenters. The molecule has 5 nitrogen and oxygen atoms in total. The fraction of sp³-hybridized carbons (Fsp3) is 0.0256. The molecule has 0 aromatic heterocycles. The van der Waals surface area contributed by atoms with E-state index < -0.39 is 0 Å². The number of hydrogen-bond acceptors (Lipinski definition) is 5. The molecular formula is C39H25N5. The smallest absolute Gasteiger partial charge is 0.159 e. The Kier molecular flexibility index (Phi) is 6.97. The van der Waals surface area contributed by atoms with Gasteiger partial charge in [0.05, 0.1) is 23.3 Å². The second-order valence-electron chi connectivity index (χ2n) is 10.6. The molecule has 1 aliphatic rings. The first-order chi connectivity index (χ1) is 21.7. The molecule has 0 amide bonds. The molecule has 0 bridgehead atoms. The van der Waals surface area contributed by atoms with Gasteiger partial charge in [0.2, 0.25) is 0 Å². The number of fused-ring (bicyclic) bond motifs is 1. The van der Waals surface area contributed by atoms with Crippen LogP contribution in [-0.4, -0.2) is 11.7 Å². The standard InChI is InChI=1S/C39H25N5/c40-24-26-19-27(25-41)21-34(20-26)36-23-33(22-32-13-7-8-14-35(32)36)28-15-17-31(18-16-28)39-43-37(29-9-3-1-4-10-29)42-38(44-39)30-11-5-2-6-12-30/h1-23,39H,(H,42,43,44). The van der Waals surface area contributed by atoms with Gasteiger partial charge in [-0.2, -0.15) is 10.5 Å². The van der Waals surface area contributed by atoms with Crippen LogP contribution in [0.25, 0.3) is 33.0 Å². The van der Waals surface area contributed by atoms with Crippen LogP contribution in [-0.2, 0) is 0 Å². The molecule has 0 saturated carbocycles. The van der Waals surface area contributed by atoms with Crippen molar-refractivity contribution < 1.29 is 0 Å². The summed E-state index contributed by atoms with van der Waals surface area (Å²) in [5.41, 5.74) is 7.84. The first-order valence-electron chi connectivity index (χ1n) is 14.3. The molecule has 0 spiro atoms. The van der Waals surface area contributed by atoms with Crippen LogP contribution in [0.15, 0.2) is 150 Å². The van der Waals surface area contributed by atoms with E-state index in [1.165, 1.54) is 0 Å². The maximum atomic E-state index is 9.59. The van der Waals surface area contributed by atoms with E-state index in [1.807, 2.05) is 84.9 Å². The Hall–Kier alpha value is -6.30. The molecule has 5 heteroatoms. The number of benzene rings is 6. The van der Waals surface area contributed by atoms with Gasteiger partial charge in [0.25, 0.3) is 0 Å². The number of aliphatic imine (C=N–C) groups is 2. The summed E-state index contributed by atoms with van der Waals surface area (Å²) in [5, 5.41) is 24.9. The van der Waals surface area contributed by atoms with Gasteiger partial charge in [-0.1, -0.05) is 109 Å². The summed E-state index contributed by atoms with van der Waals surface area (Å²) in [6.07, 6.45) is -0.308. The van der Waals surface area contributed by atoms with Crippen molar-refractivity contribution in [2.24, 2.45) is 9.98 Å². The number of amidine groups is 2. The van der Waals surface area contributed by atoms with Crippen molar-refractivity contribution in [3.63, 3.8) is 0 Å². The Morgan fingerprint density at radius 1 is 0.545 bits per heavy atom. The minimum atomic E-state index is -0.308. The van der Waals surface area contributed by atoms with Crippen molar-refractivity contribution >= 4 is 22.4 Å². The predicted octanol–water partition coefficient (Wildman–Crippen LogP) is 8.41. The zero-order valence-corrected chi connectivity index (χ0v) is 23.6. The van der Waals surface area contributed by atoms with Crippen molar-refractivity contribution in [1.82, 2.24) is 5.32 Å². The van der Waals surface area contributed by atoms with Gasteiger partial charge in [-0.25, -0.2) is 9.98 Å². The summed E-state index contributed by atoms with van der Waals surface area (Å²) >= 11 is 0. The largest absolute Gasteiger partial charge is 0.344 e. The lowest BCUT2D eigenvalue weighted by Crippen LogP contribution is -2.33. The maximum absolute atomic E-state index is 9.59. The molecular weight excluding hydrogens is 538 g/mol. The third-order valence-electron chi connectivity index (χ3n) is 7.75. The Balaban J connectivity index is 1.28. The summed E-state index contributed by atoms with van der Waals surface area (Å²) in [6, 6.07) is 50.8. The van der Waals surface area contributed by atoms with Gasteiger partial charge in [-0.3, -0.25) is 0 Å². The van der Waals surface area contributed by atoms with E-state index >= 15 is 0 Å². The predicted molar refractivity (Wildman–Crippen MR) is 176 cm³/mol. The Morgan fingerprint density at radius 3 is 1.86 bits per heavy atom. The minimum Gasteiger partial charge on any atom is -0.344 e. The summed E-state index contributed by atoms with van der Waals surface area (Å²) in [4.78, 5) is 9.86. The lowest BCUT2D eigenvalue weighted by Gasteiger charge is -2.24. The lowest BCUT2D eigenvalue weighted by atomic mass is 9.91. The molecule has 7 rings (SSSR count). The molecule has 0 radical (unpaired) electrons. The second-order valence-corrected chi connectivity index (χ2v) is 10.6. The molecule has 1 N–H and O–H groups in total. The topological polar surface area (TPSA) is 84.3 Å². The highest BCUT2D eigenvalue weighted by Crippen LogP contribution is 2.35. The van der Waals surface area contributed by atoms with Crippen LogP contribution in [0.4, 0.5) is 0 Å². The van der Waals surface area contributed by atoms with E-state index in [1.54, 1.807) is 6.07 Å². The minimum absolute atomic E-state index is 0.308. The maximum Gasteiger partial charge on any atom is 0.159 e. The van der Waals surface area contributed by atoms with Crippen LogP contribution in [0.1, 0.15) is 34.0 Å². The van der Waals surface area contributed by atoms with E-state index in [-0.39, 0.29) is 6.17 Å². The van der Waals surface area contributed by atoms with Crippen LogP contribution >= 0.6 is 0 Å². The second kappa shape index (κ2) is 11.5. The quantitative estimate of drug-likeness (QED) is 0.229. The number of nitriles is 2. The number of hydrogen-bond donors (Lipinski definition) is 1. The van der Waals surface area contributed by atoms with Crippen LogP contribution in [0, 0.1) is 22.7 Å². The van der Waals surface area contributed by atoms with Crippen LogP contribution in [0.3, 0.4) is 0 Å². The molecule has 1 aliphatic heterocycles. The molecule has 0 fully saturated rings. The molecule has 206 valence electrons. The Labute approximate surface area is 255 Å². The molecule has 1 unspecified atom stereocenters. The molecule has 6 aromatic rings. The zero-order valence-electron chi connectivity index (χ0n) is 23.6. The molecule has 0 aliphatic carbocycles. The average Bonchev–Trinajstić information content (AvgIpc) is 3.11. The van der Waals surface area contributed by atoms with E-state index in [0.717, 1.165) is 55.6 Å². The van der Waals surface area contributed by atoms with E-state index in [4.69, 9.17) is 9.98 Å². The SMILES string of the molecule is N#Cc1cc(C#N)cc(-c2cc(-c3ccc(C4N=C(c5ccccc5)N=C(c5ccccc5)N4)cc3)cc3ccccc23)c1. The normalized spacial score (nSPS) is 14.1. The zero-order chi connectivity index (χ0) is 29.9. The highest BCUT2D eigenvalue weighted by Gasteiger charge is 2.21. The molecule has 6 aromatic carbocycles. The highest BCUT2D eigenvalue weighted by atomic mass is 15.2. The highest BCUT2D eigenvalue weighted by molar-refractivity contribution is 6.13. The number of nitrogens with one attached hydrogen (secondary N) is 1. The fourth-order valence-corrected chi connectivity index (χ4v) is 5.57. The van der Waals surface area contributed by atoms with E-state index in [9.17, 15) is 10.5 Å². The average molecular weight is 564 g/mol. The van der Waals surface area contributed by atoms with Crippen molar-refractivity contribution in [3.8, 4) is 34.4 Å². The fourth-order valence-electron chi connectivity index (χ4n) is 5.57. The Morgan fingerprint density at radius 2 is 1.18 bits per heavy atom. The van der Waals surface area contributed by atoms with Gasteiger partial charge < -0.3 is 5.32 Å². The van der Waals surface area contributed by atoms with Gasteiger partial charge in [0, 0.05) is 11.1 Å². The monoisotopic (exact) mass is 563 g/mol. The molecule has 1 heterocycles. The summed E-state index contributed by atoms with van der Waals surface area (Å²) in [7, 11) is 0. The lowest BCUT2D eigenvalue weighted by molar-refractivity contribution is 0.674. The first-order valence-corrected chi connectivity index (χ1v) is 14.3. The van der Waals surface area contributed by atoms with E-state index in [2.05, 4.69) is 66.0 Å². The third-order valence-corrected chi connectivity index (χ3v) is 7.75. The van der Waals surface area contributed by atoms with Crippen molar-refractivity contribution in [1.29, 1.82) is 10.5 Å². The van der Waals surface area contributed by atoms with Gasteiger partial charge in [0.1, 0.15) is 12.0 Å². The van der Waals surface area contributed by atoms with Gasteiger partial charge in [-0.15, -0.1) is 0 Å². The van der Waals surface area contributed by atoms with Gasteiger partial charge in [-0.05, 0) is 68.9 Å². The number of rotatable bonds is 5. The van der Waals surface area contributed by atoms with Crippen molar-refractivity contribution in [2.75, 3.05) is 0 Å². The molecule has 0 saturated heterocycles. The summed E-state index contributed by atoms with van der Waals surface area (Å²) in [6.45, 7) is 0. The number of nitrogens with zero attached hydrogens (tertiary/aromatic N) is 4. The van der Waals surface area contributed by atoms with Gasteiger partial charge >= 0.3 is 0 Å². The first kappa shape index (κ1) is 26.6.